The Morgan fingerprint density at radius 1 is 1.04 bits per heavy atom. The number of amides is 1. The van der Waals surface area contributed by atoms with Gasteiger partial charge in [0, 0.05) is 6.54 Å². The number of rotatable bonds is 7. The quantitative estimate of drug-likeness (QED) is 0.794. The van der Waals surface area contributed by atoms with Crippen molar-refractivity contribution in [1.29, 1.82) is 0 Å². The van der Waals surface area contributed by atoms with Crippen LogP contribution in [0.5, 0.6) is 5.75 Å². The molecule has 2 rings (SSSR count). The molecular weight excluding hydrogens is 306 g/mol. The summed E-state index contributed by atoms with van der Waals surface area (Å²) in [5.41, 5.74) is 2.54. The molecule has 2 aromatic rings. The van der Waals surface area contributed by atoms with Gasteiger partial charge in [-0.3, -0.25) is 4.79 Å². The average molecular weight is 327 g/mol. The first-order valence-corrected chi connectivity index (χ1v) is 7.78. The maximum atomic E-state index is 11.9. The van der Waals surface area contributed by atoms with Gasteiger partial charge < -0.3 is 14.8 Å². The van der Waals surface area contributed by atoms with Crippen LogP contribution in [-0.4, -0.2) is 25.6 Å². The summed E-state index contributed by atoms with van der Waals surface area (Å²) in [4.78, 5) is 23.2. The van der Waals surface area contributed by atoms with E-state index in [2.05, 4.69) is 17.0 Å². The Bertz CT molecular complexity index is 695. The number of nitrogens with one attached hydrogen (secondary N) is 1. The fraction of sp³-hybridized carbons (Fsp3) is 0.263. The van der Waals surface area contributed by atoms with Crippen LogP contribution in [0.1, 0.15) is 28.4 Å². The van der Waals surface area contributed by atoms with Gasteiger partial charge in [0.2, 0.25) is 0 Å². The summed E-state index contributed by atoms with van der Waals surface area (Å²) in [6, 6.07) is 14.6. The normalized spacial score (nSPS) is 10.1. The molecular formula is C19H21NO4. The molecule has 0 saturated carbocycles. The first kappa shape index (κ1) is 17.5. The first-order chi connectivity index (χ1) is 11.6. The molecule has 5 heteroatoms. The van der Waals surface area contributed by atoms with E-state index in [0.717, 1.165) is 12.0 Å². The Morgan fingerprint density at radius 2 is 1.79 bits per heavy atom. The highest BCUT2D eigenvalue weighted by atomic mass is 16.5. The summed E-state index contributed by atoms with van der Waals surface area (Å²) in [6.45, 7) is 2.41. The topological polar surface area (TPSA) is 64.6 Å². The SMILES string of the molecule is CCc1cccc(OCC(=O)NCc2ccc(C(=O)OC)cc2)c1. The molecule has 0 aromatic heterocycles. The van der Waals surface area contributed by atoms with Crippen molar-refractivity contribution < 1.29 is 19.1 Å². The number of ether oxygens (including phenoxy) is 2. The number of hydrogen-bond acceptors (Lipinski definition) is 4. The van der Waals surface area contributed by atoms with Crippen LogP contribution in [-0.2, 0) is 22.5 Å². The number of esters is 1. The van der Waals surface area contributed by atoms with E-state index in [1.54, 1.807) is 24.3 Å². The molecule has 0 aliphatic heterocycles. The number of methoxy groups -OCH3 is 1. The van der Waals surface area contributed by atoms with Crippen LogP contribution in [0.4, 0.5) is 0 Å². The van der Waals surface area contributed by atoms with Crippen LogP contribution < -0.4 is 10.1 Å². The molecule has 0 atom stereocenters. The molecule has 0 spiro atoms. The van der Waals surface area contributed by atoms with E-state index in [9.17, 15) is 9.59 Å². The van der Waals surface area contributed by atoms with Gasteiger partial charge >= 0.3 is 5.97 Å². The molecule has 1 N–H and O–H groups in total. The molecule has 0 saturated heterocycles. The summed E-state index contributed by atoms with van der Waals surface area (Å²) in [7, 11) is 1.34. The highest BCUT2D eigenvalue weighted by Crippen LogP contribution is 2.13. The number of benzene rings is 2. The van der Waals surface area contributed by atoms with Gasteiger partial charge in [-0.2, -0.15) is 0 Å². The lowest BCUT2D eigenvalue weighted by Gasteiger charge is -2.09. The molecule has 24 heavy (non-hydrogen) atoms. The minimum atomic E-state index is -0.381. The molecule has 0 heterocycles. The Kier molecular flexibility index (Phi) is 6.37. The minimum Gasteiger partial charge on any atom is -0.484 e. The summed E-state index contributed by atoms with van der Waals surface area (Å²) < 4.78 is 10.1. The maximum Gasteiger partial charge on any atom is 0.337 e. The van der Waals surface area contributed by atoms with E-state index >= 15 is 0 Å². The van der Waals surface area contributed by atoms with Crippen molar-refractivity contribution in [3.63, 3.8) is 0 Å². The van der Waals surface area contributed by atoms with Crippen molar-refractivity contribution in [2.75, 3.05) is 13.7 Å². The number of carbonyl (C=O) groups excluding carboxylic acids is 2. The largest absolute Gasteiger partial charge is 0.484 e. The van der Waals surface area contributed by atoms with E-state index in [-0.39, 0.29) is 18.5 Å². The van der Waals surface area contributed by atoms with Gasteiger partial charge in [-0.05, 0) is 41.8 Å². The number of hydrogen-bond donors (Lipinski definition) is 1. The summed E-state index contributed by atoms with van der Waals surface area (Å²) in [5.74, 6) is 0.106. The zero-order valence-corrected chi connectivity index (χ0v) is 13.9. The minimum absolute atomic E-state index is 0.0343. The van der Waals surface area contributed by atoms with Crippen LogP contribution in [0.3, 0.4) is 0 Å². The Labute approximate surface area is 141 Å². The molecule has 2 aromatic carbocycles. The fourth-order valence-electron chi connectivity index (χ4n) is 2.13. The van der Waals surface area contributed by atoms with Crippen molar-refractivity contribution in [2.45, 2.75) is 19.9 Å². The van der Waals surface area contributed by atoms with Crippen LogP contribution in [0.15, 0.2) is 48.5 Å². The number of carbonyl (C=O) groups is 2. The van der Waals surface area contributed by atoms with Crippen molar-refractivity contribution >= 4 is 11.9 Å². The van der Waals surface area contributed by atoms with Gasteiger partial charge in [0.05, 0.1) is 12.7 Å². The third-order valence-corrected chi connectivity index (χ3v) is 3.54. The van der Waals surface area contributed by atoms with Gasteiger partial charge in [0.15, 0.2) is 6.61 Å². The number of aryl methyl sites for hydroxylation is 1. The van der Waals surface area contributed by atoms with Crippen molar-refractivity contribution in [3.8, 4) is 5.75 Å². The molecule has 0 unspecified atom stereocenters. The standard InChI is InChI=1S/C19H21NO4/c1-3-14-5-4-6-17(11-14)24-13-18(21)20-12-15-7-9-16(10-8-15)19(22)23-2/h4-11H,3,12-13H2,1-2H3,(H,20,21). The summed E-state index contributed by atoms with van der Waals surface area (Å²) in [5, 5.41) is 2.78. The third-order valence-electron chi connectivity index (χ3n) is 3.54. The zero-order chi connectivity index (χ0) is 17.4. The fourth-order valence-corrected chi connectivity index (χ4v) is 2.13. The van der Waals surface area contributed by atoms with Crippen molar-refractivity contribution in [1.82, 2.24) is 5.32 Å². The van der Waals surface area contributed by atoms with Crippen LogP contribution in [0.25, 0.3) is 0 Å². The molecule has 1 amide bonds. The van der Waals surface area contributed by atoms with Crippen LogP contribution in [0, 0.1) is 0 Å². The van der Waals surface area contributed by atoms with E-state index in [0.29, 0.717) is 17.9 Å². The lowest BCUT2D eigenvalue weighted by atomic mass is 10.1. The molecule has 0 aliphatic rings. The molecule has 5 nitrogen and oxygen atoms in total. The second-order valence-corrected chi connectivity index (χ2v) is 5.25. The zero-order valence-electron chi connectivity index (χ0n) is 13.9. The van der Waals surface area contributed by atoms with E-state index in [4.69, 9.17) is 4.74 Å². The van der Waals surface area contributed by atoms with Gasteiger partial charge in [-0.25, -0.2) is 4.79 Å². The predicted octanol–water partition coefficient (Wildman–Crippen LogP) is 2.73. The highest BCUT2D eigenvalue weighted by Gasteiger charge is 2.06. The van der Waals surface area contributed by atoms with Crippen molar-refractivity contribution in [2.24, 2.45) is 0 Å². The molecule has 0 aliphatic carbocycles. The summed E-state index contributed by atoms with van der Waals surface area (Å²) >= 11 is 0. The van der Waals surface area contributed by atoms with Crippen molar-refractivity contribution in [3.05, 3.63) is 65.2 Å². The van der Waals surface area contributed by atoms with Gasteiger partial charge in [0.1, 0.15) is 5.75 Å². The van der Waals surface area contributed by atoms with Gasteiger partial charge in [-0.15, -0.1) is 0 Å². The van der Waals surface area contributed by atoms with Gasteiger partial charge in [-0.1, -0.05) is 31.2 Å². The predicted molar refractivity (Wildman–Crippen MR) is 90.9 cm³/mol. The van der Waals surface area contributed by atoms with E-state index in [1.807, 2.05) is 24.3 Å². The maximum absolute atomic E-state index is 11.9. The Morgan fingerprint density at radius 3 is 2.46 bits per heavy atom. The second-order valence-electron chi connectivity index (χ2n) is 5.25. The molecule has 0 fully saturated rings. The van der Waals surface area contributed by atoms with E-state index in [1.165, 1.54) is 12.7 Å². The lowest BCUT2D eigenvalue weighted by molar-refractivity contribution is -0.123. The molecule has 126 valence electrons. The average Bonchev–Trinajstić information content (AvgIpc) is 2.64. The summed E-state index contributed by atoms with van der Waals surface area (Å²) in [6.07, 6.45) is 0.922. The van der Waals surface area contributed by atoms with Crippen LogP contribution in [0.2, 0.25) is 0 Å². The molecule has 0 bridgehead atoms. The highest BCUT2D eigenvalue weighted by molar-refractivity contribution is 5.89. The Hall–Kier alpha value is -2.82. The first-order valence-electron chi connectivity index (χ1n) is 7.78. The second kappa shape index (κ2) is 8.72. The smallest absolute Gasteiger partial charge is 0.337 e. The monoisotopic (exact) mass is 327 g/mol. The third kappa shape index (κ3) is 5.12. The van der Waals surface area contributed by atoms with Crippen LogP contribution >= 0.6 is 0 Å². The Balaban J connectivity index is 1.79. The molecule has 0 radical (unpaired) electrons. The van der Waals surface area contributed by atoms with E-state index < -0.39 is 0 Å². The van der Waals surface area contributed by atoms with Gasteiger partial charge in [0.25, 0.3) is 5.91 Å². The lowest BCUT2D eigenvalue weighted by Crippen LogP contribution is -2.28.